The number of nitrogens with zero attached hydrogens (tertiary/aromatic N) is 1. The van der Waals surface area contributed by atoms with E-state index >= 15 is 0 Å². The second-order valence-corrected chi connectivity index (χ2v) is 12.6. The standard InChI is InChI=1S/C32H45ClN4O5/c1-19(2)12-15-22(5)37(30(40)25(18-26(34)38)35-31(41)42-32(6,7)8)28(23-16-13-20(3)14-17-23)29(39)36-27-21(4)10-9-11-24(27)33/h9-11,13-14,16-17,19,22,25,28H,12,15,18H2,1-8H3,(H2,34,38)(H,35,41)(H,36,39). The molecular formula is C32H45ClN4O5. The van der Waals surface area contributed by atoms with E-state index < -0.39 is 54.0 Å². The molecule has 3 atom stereocenters. The summed E-state index contributed by atoms with van der Waals surface area (Å²) >= 11 is 6.44. The van der Waals surface area contributed by atoms with Crippen LogP contribution in [0.25, 0.3) is 0 Å². The first-order chi connectivity index (χ1) is 19.5. The van der Waals surface area contributed by atoms with Crippen LogP contribution in [0.15, 0.2) is 42.5 Å². The van der Waals surface area contributed by atoms with Crippen LogP contribution in [0.5, 0.6) is 0 Å². The summed E-state index contributed by atoms with van der Waals surface area (Å²) in [6.07, 6.45) is -0.00601. The molecule has 0 spiro atoms. The normalized spacial score (nSPS) is 13.6. The van der Waals surface area contributed by atoms with Gasteiger partial charge in [0.15, 0.2) is 0 Å². The van der Waals surface area contributed by atoms with Gasteiger partial charge in [0, 0.05) is 6.04 Å². The average molecular weight is 601 g/mol. The van der Waals surface area contributed by atoms with Crippen molar-refractivity contribution in [2.45, 2.75) is 98.4 Å². The van der Waals surface area contributed by atoms with Crippen molar-refractivity contribution in [1.82, 2.24) is 10.2 Å². The molecule has 0 aliphatic carbocycles. The smallest absolute Gasteiger partial charge is 0.408 e. The average Bonchev–Trinajstić information content (AvgIpc) is 2.86. The minimum Gasteiger partial charge on any atom is -0.444 e. The number of halogens is 1. The van der Waals surface area contributed by atoms with Crippen molar-refractivity contribution >= 4 is 41.1 Å². The highest BCUT2D eigenvalue weighted by Gasteiger charge is 2.39. The SMILES string of the molecule is Cc1ccc(C(C(=O)Nc2c(C)cccc2Cl)N(C(=O)C(CC(N)=O)NC(=O)OC(C)(C)C)C(C)CCC(C)C)cc1. The van der Waals surface area contributed by atoms with Gasteiger partial charge in [-0.2, -0.15) is 0 Å². The second-order valence-electron chi connectivity index (χ2n) is 12.2. The number of para-hydroxylation sites is 1. The third kappa shape index (κ3) is 10.4. The number of primary amides is 1. The summed E-state index contributed by atoms with van der Waals surface area (Å²) < 4.78 is 5.36. The number of rotatable bonds is 12. The zero-order valence-electron chi connectivity index (χ0n) is 25.9. The third-order valence-electron chi connectivity index (χ3n) is 6.68. The number of alkyl carbamates (subject to hydrolysis) is 1. The summed E-state index contributed by atoms with van der Waals surface area (Å²) in [4.78, 5) is 54.8. The number of carbonyl (C=O) groups excluding carboxylic acids is 4. The van der Waals surface area contributed by atoms with Crippen molar-refractivity contribution in [3.63, 3.8) is 0 Å². The number of nitrogens with one attached hydrogen (secondary N) is 2. The first kappa shape index (κ1) is 34.6. The lowest BCUT2D eigenvalue weighted by molar-refractivity contribution is -0.144. The number of hydrogen-bond acceptors (Lipinski definition) is 5. The maximum absolute atomic E-state index is 14.4. The maximum Gasteiger partial charge on any atom is 0.408 e. The van der Waals surface area contributed by atoms with Gasteiger partial charge >= 0.3 is 6.09 Å². The molecule has 0 saturated carbocycles. The summed E-state index contributed by atoms with van der Waals surface area (Å²) in [5.41, 5.74) is 7.39. The van der Waals surface area contributed by atoms with Crippen LogP contribution >= 0.6 is 11.6 Å². The molecule has 0 radical (unpaired) electrons. The molecule has 2 aromatic rings. The lowest BCUT2D eigenvalue weighted by Gasteiger charge is -2.38. The Morgan fingerprint density at radius 2 is 1.60 bits per heavy atom. The number of benzene rings is 2. The molecule has 9 nitrogen and oxygen atoms in total. The van der Waals surface area contributed by atoms with E-state index in [1.165, 1.54) is 4.90 Å². The lowest BCUT2D eigenvalue weighted by Crippen LogP contribution is -2.55. The number of anilines is 1. The molecule has 10 heteroatoms. The summed E-state index contributed by atoms with van der Waals surface area (Å²) in [6.45, 7) is 14.8. The molecular weight excluding hydrogens is 556 g/mol. The topological polar surface area (TPSA) is 131 Å². The van der Waals surface area contributed by atoms with Crippen molar-refractivity contribution in [1.29, 1.82) is 0 Å². The minimum atomic E-state index is -1.36. The Bertz CT molecular complexity index is 1240. The van der Waals surface area contributed by atoms with E-state index in [0.717, 1.165) is 17.5 Å². The van der Waals surface area contributed by atoms with Gasteiger partial charge in [0.1, 0.15) is 17.7 Å². The van der Waals surface area contributed by atoms with Crippen LogP contribution in [-0.2, 0) is 19.1 Å². The number of hydrogen-bond donors (Lipinski definition) is 3. The van der Waals surface area contributed by atoms with Gasteiger partial charge in [-0.25, -0.2) is 4.79 Å². The number of ether oxygens (including phenoxy) is 1. The highest BCUT2D eigenvalue weighted by molar-refractivity contribution is 6.34. The molecule has 0 fully saturated rings. The largest absolute Gasteiger partial charge is 0.444 e. The fourth-order valence-electron chi connectivity index (χ4n) is 4.51. The molecule has 0 saturated heterocycles. The zero-order valence-corrected chi connectivity index (χ0v) is 26.7. The van der Waals surface area contributed by atoms with Crippen LogP contribution in [0.3, 0.4) is 0 Å². The molecule has 3 unspecified atom stereocenters. The van der Waals surface area contributed by atoms with Gasteiger partial charge in [-0.1, -0.05) is 67.4 Å². The highest BCUT2D eigenvalue weighted by atomic mass is 35.5. The molecule has 0 aliphatic heterocycles. The zero-order chi connectivity index (χ0) is 31.8. The highest BCUT2D eigenvalue weighted by Crippen LogP contribution is 2.32. The second kappa shape index (κ2) is 15.0. The minimum absolute atomic E-state index is 0.336. The van der Waals surface area contributed by atoms with Crippen LogP contribution in [0.4, 0.5) is 10.5 Å². The van der Waals surface area contributed by atoms with Gasteiger partial charge in [-0.15, -0.1) is 0 Å². The number of carbonyl (C=O) groups is 4. The third-order valence-corrected chi connectivity index (χ3v) is 6.99. The summed E-state index contributed by atoms with van der Waals surface area (Å²) in [6, 6.07) is 9.64. The van der Waals surface area contributed by atoms with E-state index in [1.54, 1.807) is 45.0 Å². The molecule has 4 N–H and O–H groups in total. The van der Waals surface area contributed by atoms with Gasteiger partial charge < -0.3 is 26.0 Å². The van der Waals surface area contributed by atoms with E-state index in [1.807, 2.05) is 39.0 Å². The van der Waals surface area contributed by atoms with Crippen molar-refractivity contribution in [3.8, 4) is 0 Å². The van der Waals surface area contributed by atoms with Gasteiger partial charge in [0.2, 0.25) is 11.8 Å². The van der Waals surface area contributed by atoms with E-state index in [9.17, 15) is 19.2 Å². The van der Waals surface area contributed by atoms with Crippen LogP contribution in [-0.4, -0.2) is 46.4 Å². The Kier molecular flexibility index (Phi) is 12.4. The van der Waals surface area contributed by atoms with Crippen LogP contribution in [0.2, 0.25) is 5.02 Å². The Balaban J connectivity index is 2.67. The summed E-state index contributed by atoms with van der Waals surface area (Å²) in [5, 5.41) is 5.81. The molecule has 0 heterocycles. The molecule has 230 valence electrons. The van der Waals surface area contributed by atoms with Gasteiger partial charge in [-0.05, 0) is 77.5 Å². The van der Waals surface area contributed by atoms with Crippen LogP contribution < -0.4 is 16.4 Å². The molecule has 42 heavy (non-hydrogen) atoms. The first-order valence-electron chi connectivity index (χ1n) is 14.2. The van der Waals surface area contributed by atoms with Crippen molar-refractivity contribution < 1.29 is 23.9 Å². The van der Waals surface area contributed by atoms with Crippen LogP contribution in [0, 0.1) is 19.8 Å². The van der Waals surface area contributed by atoms with Gasteiger partial charge in [0.25, 0.3) is 5.91 Å². The lowest BCUT2D eigenvalue weighted by atomic mass is 9.96. The van der Waals surface area contributed by atoms with E-state index in [0.29, 0.717) is 28.6 Å². The summed E-state index contributed by atoms with van der Waals surface area (Å²) in [7, 11) is 0. The maximum atomic E-state index is 14.4. The monoisotopic (exact) mass is 600 g/mol. The Morgan fingerprint density at radius 1 is 0.976 bits per heavy atom. The Labute approximate surface area is 254 Å². The van der Waals surface area contributed by atoms with Crippen molar-refractivity contribution in [3.05, 3.63) is 64.2 Å². The van der Waals surface area contributed by atoms with Crippen molar-refractivity contribution in [2.24, 2.45) is 11.7 Å². The molecule has 2 rings (SSSR count). The molecule has 0 bridgehead atoms. The molecule has 4 amide bonds. The predicted molar refractivity (Wildman–Crippen MR) is 166 cm³/mol. The molecule has 0 aliphatic rings. The van der Waals surface area contributed by atoms with E-state index in [4.69, 9.17) is 22.1 Å². The summed E-state index contributed by atoms with van der Waals surface area (Å²) in [5.74, 6) is -1.58. The quantitative estimate of drug-likeness (QED) is 0.273. The molecule has 2 aromatic carbocycles. The predicted octanol–water partition coefficient (Wildman–Crippen LogP) is 6.06. The fraction of sp³-hybridized carbons (Fsp3) is 0.500. The Morgan fingerprint density at radius 3 is 2.12 bits per heavy atom. The number of amides is 4. The Hall–Kier alpha value is -3.59. The fourth-order valence-corrected chi connectivity index (χ4v) is 4.78. The number of nitrogens with two attached hydrogens (primary N) is 1. The van der Waals surface area contributed by atoms with Gasteiger partial charge in [-0.3, -0.25) is 14.4 Å². The van der Waals surface area contributed by atoms with Gasteiger partial charge in [0.05, 0.1) is 17.1 Å². The van der Waals surface area contributed by atoms with Crippen LogP contribution in [0.1, 0.15) is 83.5 Å². The first-order valence-corrected chi connectivity index (χ1v) is 14.6. The van der Waals surface area contributed by atoms with E-state index in [-0.39, 0.29) is 0 Å². The van der Waals surface area contributed by atoms with Crippen molar-refractivity contribution in [2.75, 3.05) is 5.32 Å². The number of aryl methyl sites for hydroxylation is 2. The van der Waals surface area contributed by atoms with E-state index in [2.05, 4.69) is 24.5 Å². The molecule has 0 aromatic heterocycles.